The summed E-state index contributed by atoms with van der Waals surface area (Å²) in [6, 6.07) is 8.68. The van der Waals surface area contributed by atoms with Crippen LogP contribution >= 0.6 is 0 Å². The average Bonchev–Trinajstić information content (AvgIpc) is 2.59. The second-order valence-corrected chi connectivity index (χ2v) is 6.51. The molecule has 0 N–H and O–H groups in total. The van der Waals surface area contributed by atoms with Crippen LogP contribution in [0.5, 0.6) is 5.75 Å². The molecule has 0 saturated carbocycles. The summed E-state index contributed by atoms with van der Waals surface area (Å²) in [7, 11) is 3.66. The topological polar surface area (TPSA) is 32.8 Å². The van der Waals surface area contributed by atoms with Gasteiger partial charge in [0.25, 0.3) is 0 Å². The lowest BCUT2D eigenvalue weighted by molar-refractivity contribution is -0.130. The first-order valence-corrected chi connectivity index (χ1v) is 8.65. The molecule has 2 rings (SSSR count). The number of carbonyl (C=O) groups excluding carboxylic acids is 1. The number of methoxy groups -OCH3 is 1. The average molecular weight is 318 g/mol. The molecule has 128 valence electrons. The molecule has 4 nitrogen and oxygen atoms in total. The van der Waals surface area contributed by atoms with Gasteiger partial charge in [-0.3, -0.25) is 4.79 Å². The molecule has 0 aliphatic carbocycles. The molecule has 1 atom stereocenters. The first-order valence-electron chi connectivity index (χ1n) is 8.65. The van der Waals surface area contributed by atoms with E-state index in [4.69, 9.17) is 4.74 Å². The molecular weight excluding hydrogens is 288 g/mol. The van der Waals surface area contributed by atoms with Gasteiger partial charge in [0, 0.05) is 26.6 Å². The Morgan fingerprint density at radius 3 is 2.57 bits per heavy atom. The third-order valence-corrected chi connectivity index (χ3v) is 5.15. The third kappa shape index (κ3) is 4.47. The number of likely N-dealkylation sites (tertiary alicyclic amines) is 1. The molecule has 1 unspecified atom stereocenters. The normalized spacial score (nSPS) is 17.7. The molecule has 0 spiro atoms. The minimum Gasteiger partial charge on any atom is -0.496 e. The van der Waals surface area contributed by atoms with Crippen LogP contribution in [0.3, 0.4) is 0 Å². The minimum atomic E-state index is 0.153. The summed E-state index contributed by atoms with van der Waals surface area (Å²) < 4.78 is 5.51. The molecule has 1 aliphatic heterocycles. The Hall–Kier alpha value is -1.55. The van der Waals surface area contributed by atoms with Crippen molar-refractivity contribution in [3.05, 3.63) is 29.8 Å². The van der Waals surface area contributed by atoms with Crippen molar-refractivity contribution < 1.29 is 9.53 Å². The maximum atomic E-state index is 11.6. The number of likely N-dealkylation sites (N-methyl/N-ethyl adjacent to an activating group) is 1. The molecule has 1 saturated heterocycles. The van der Waals surface area contributed by atoms with Gasteiger partial charge in [-0.25, -0.2) is 0 Å². The van der Waals surface area contributed by atoms with Crippen LogP contribution in [0.2, 0.25) is 0 Å². The number of amides is 1. The fourth-order valence-electron chi connectivity index (χ4n) is 3.51. The molecule has 1 aromatic rings. The van der Waals surface area contributed by atoms with Crippen LogP contribution in [0, 0.1) is 0 Å². The van der Waals surface area contributed by atoms with Crippen molar-refractivity contribution in [2.45, 2.75) is 45.1 Å². The predicted octanol–water partition coefficient (Wildman–Crippen LogP) is 3.13. The number of piperidine rings is 1. The number of para-hydroxylation sites is 1. The number of hydrogen-bond donors (Lipinski definition) is 0. The third-order valence-electron chi connectivity index (χ3n) is 5.15. The Morgan fingerprint density at radius 1 is 1.35 bits per heavy atom. The lowest BCUT2D eigenvalue weighted by Crippen LogP contribution is -2.46. The monoisotopic (exact) mass is 318 g/mol. The van der Waals surface area contributed by atoms with Crippen molar-refractivity contribution in [3.63, 3.8) is 0 Å². The van der Waals surface area contributed by atoms with E-state index < -0.39 is 0 Å². The summed E-state index contributed by atoms with van der Waals surface area (Å²) in [4.78, 5) is 16.0. The number of ether oxygens (including phenoxy) is 1. The molecule has 1 aromatic carbocycles. The summed E-state index contributed by atoms with van der Waals surface area (Å²) in [5.74, 6) is 1.74. The van der Waals surface area contributed by atoms with Crippen molar-refractivity contribution in [1.29, 1.82) is 0 Å². The van der Waals surface area contributed by atoms with E-state index in [0.29, 0.717) is 12.0 Å². The van der Waals surface area contributed by atoms with Gasteiger partial charge in [0.05, 0.1) is 7.11 Å². The molecule has 1 fully saturated rings. The van der Waals surface area contributed by atoms with Crippen LogP contribution in [-0.4, -0.2) is 55.5 Å². The van der Waals surface area contributed by atoms with Crippen LogP contribution in [0.25, 0.3) is 0 Å². The Kier molecular flexibility index (Phi) is 6.46. The highest BCUT2D eigenvalue weighted by molar-refractivity contribution is 5.73. The van der Waals surface area contributed by atoms with Crippen LogP contribution in [0.15, 0.2) is 24.3 Å². The Bertz CT molecular complexity index is 510. The number of benzene rings is 1. The molecular formula is C19H30N2O2. The Labute approximate surface area is 140 Å². The van der Waals surface area contributed by atoms with Gasteiger partial charge in [-0.2, -0.15) is 0 Å². The van der Waals surface area contributed by atoms with Crippen LogP contribution < -0.4 is 4.74 Å². The lowest BCUT2D eigenvalue weighted by Gasteiger charge is -2.37. The molecule has 1 aliphatic rings. The van der Waals surface area contributed by atoms with E-state index >= 15 is 0 Å². The summed E-state index contributed by atoms with van der Waals surface area (Å²) in [5.41, 5.74) is 1.34. The second kappa shape index (κ2) is 8.34. The molecule has 23 heavy (non-hydrogen) atoms. The van der Waals surface area contributed by atoms with Crippen molar-refractivity contribution in [1.82, 2.24) is 9.80 Å². The van der Waals surface area contributed by atoms with Gasteiger partial charge in [-0.1, -0.05) is 25.1 Å². The molecule has 0 radical (unpaired) electrons. The maximum Gasteiger partial charge on any atom is 0.219 e. The SMILES string of the molecule is CCC(CN1CCC(c2ccccc2OC)CC1)N(C)C(C)=O. The van der Waals surface area contributed by atoms with E-state index in [0.717, 1.165) is 44.6 Å². The van der Waals surface area contributed by atoms with Gasteiger partial charge in [-0.05, 0) is 49.9 Å². The highest BCUT2D eigenvalue weighted by Gasteiger charge is 2.25. The van der Waals surface area contributed by atoms with Gasteiger partial charge in [-0.15, -0.1) is 0 Å². The van der Waals surface area contributed by atoms with Gasteiger partial charge >= 0.3 is 0 Å². The predicted molar refractivity (Wildman–Crippen MR) is 93.9 cm³/mol. The first-order chi connectivity index (χ1) is 11.1. The first kappa shape index (κ1) is 17.8. The standard InChI is InChI=1S/C19H30N2O2/c1-5-17(20(3)15(2)22)14-21-12-10-16(11-13-21)18-8-6-7-9-19(18)23-4/h6-9,16-17H,5,10-14H2,1-4H3. The molecule has 0 aromatic heterocycles. The Balaban J connectivity index is 1.92. The largest absolute Gasteiger partial charge is 0.496 e. The zero-order chi connectivity index (χ0) is 16.8. The Morgan fingerprint density at radius 2 is 2.00 bits per heavy atom. The molecule has 1 heterocycles. The minimum absolute atomic E-state index is 0.153. The van der Waals surface area contributed by atoms with Crippen molar-refractivity contribution in [3.8, 4) is 5.75 Å². The van der Waals surface area contributed by atoms with E-state index in [1.54, 1.807) is 14.0 Å². The number of hydrogen-bond acceptors (Lipinski definition) is 3. The maximum absolute atomic E-state index is 11.6. The number of carbonyl (C=O) groups is 1. The van der Waals surface area contributed by atoms with Crippen molar-refractivity contribution in [2.75, 3.05) is 33.8 Å². The zero-order valence-corrected chi connectivity index (χ0v) is 14.9. The smallest absolute Gasteiger partial charge is 0.219 e. The van der Waals surface area contributed by atoms with Gasteiger partial charge in [0.2, 0.25) is 5.91 Å². The molecule has 1 amide bonds. The number of rotatable bonds is 6. The highest BCUT2D eigenvalue weighted by Crippen LogP contribution is 2.34. The van der Waals surface area contributed by atoms with Crippen LogP contribution in [-0.2, 0) is 4.79 Å². The van der Waals surface area contributed by atoms with Gasteiger partial charge < -0.3 is 14.5 Å². The summed E-state index contributed by atoms with van der Waals surface area (Å²) in [5, 5.41) is 0. The number of nitrogens with zero attached hydrogens (tertiary/aromatic N) is 2. The zero-order valence-electron chi connectivity index (χ0n) is 14.9. The fourth-order valence-corrected chi connectivity index (χ4v) is 3.51. The van der Waals surface area contributed by atoms with E-state index in [-0.39, 0.29) is 5.91 Å². The second-order valence-electron chi connectivity index (χ2n) is 6.51. The van der Waals surface area contributed by atoms with Crippen LogP contribution in [0.1, 0.15) is 44.6 Å². The van der Waals surface area contributed by atoms with Gasteiger partial charge in [0.1, 0.15) is 5.75 Å². The highest BCUT2D eigenvalue weighted by atomic mass is 16.5. The van der Waals surface area contributed by atoms with Crippen LogP contribution in [0.4, 0.5) is 0 Å². The molecule has 4 heteroatoms. The molecule has 0 bridgehead atoms. The lowest BCUT2D eigenvalue weighted by atomic mass is 9.88. The van der Waals surface area contributed by atoms with Crippen molar-refractivity contribution >= 4 is 5.91 Å². The summed E-state index contributed by atoms with van der Waals surface area (Å²) >= 11 is 0. The van der Waals surface area contributed by atoms with E-state index in [9.17, 15) is 4.79 Å². The fraction of sp³-hybridized carbons (Fsp3) is 0.632. The van der Waals surface area contributed by atoms with Gasteiger partial charge in [0.15, 0.2) is 0 Å². The van der Waals surface area contributed by atoms with E-state index in [1.807, 2.05) is 18.0 Å². The van der Waals surface area contributed by atoms with Crippen molar-refractivity contribution in [2.24, 2.45) is 0 Å². The summed E-state index contributed by atoms with van der Waals surface area (Å²) in [6.07, 6.45) is 3.31. The van der Waals surface area contributed by atoms with E-state index in [1.165, 1.54) is 5.56 Å². The summed E-state index contributed by atoms with van der Waals surface area (Å²) in [6.45, 7) is 6.96. The quantitative estimate of drug-likeness (QED) is 0.808. The van der Waals surface area contributed by atoms with E-state index in [2.05, 4.69) is 30.0 Å².